The third-order valence-corrected chi connectivity index (χ3v) is 5.70. The van der Waals surface area contributed by atoms with Crippen LogP contribution in [0.3, 0.4) is 0 Å². The lowest BCUT2D eigenvalue weighted by molar-refractivity contribution is 0.0955. The van der Waals surface area contributed by atoms with Crippen LogP contribution >= 0.6 is 0 Å². The van der Waals surface area contributed by atoms with E-state index < -0.39 is 12.0 Å². The first-order valence-corrected chi connectivity index (χ1v) is 11.5. The Morgan fingerprint density at radius 1 is 1.06 bits per heavy atom. The van der Waals surface area contributed by atoms with E-state index in [1.807, 2.05) is 44.2 Å². The number of fused-ring (bicyclic) bond motifs is 1. The fourth-order valence-electron chi connectivity index (χ4n) is 3.87. The molecule has 4 aromatic rings. The van der Waals surface area contributed by atoms with Crippen LogP contribution in [0.15, 0.2) is 60.8 Å². The number of benzene rings is 1. The third-order valence-electron chi connectivity index (χ3n) is 5.70. The van der Waals surface area contributed by atoms with Crippen molar-refractivity contribution < 1.29 is 14.3 Å². The second-order valence-corrected chi connectivity index (χ2v) is 8.64. The van der Waals surface area contributed by atoms with Crippen molar-refractivity contribution in [3.63, 3.8) is 0 Å². The molecular formula is C25H24N8O3. The number of carbonyl (C=O) groups is 2. The molecule has 0 saturated carbocycles. The maximum absolute atomic E-state index is 12.9. The van der Waals surface area contributed by atoms with Gasteiger partial charge in [0, 0.05) is 12.7 Å². The summed E-state index contributed by atoms with van der Waals surface area (Å²) in [7, 11) is 0. The first-order valence-electron chi connectivity index (χ1n) is 11.5. The van der Waals surface area contributed by atoms with Gasteiger partial charge in [0.05, 0.1) is 12.6 Å². The number of rotatable bonds is 6. The molecule has 4 heterocycles. The van der Waals surface area contributed by atoms with Crippen LogP contribution < -0.4 is 5.32 Å². The smallest absolute Gasteiger partial charge is 0.410 e. The van der Waals surface area contributed by atoms with Crippen LogP contribution in [0.5, 0.6) is 0 Å². The van der Waals surface area contributed by atoms with Crippen molar-refractivity contribution >= 4 is 17.8 Å². The number of anilines is 1. The Balaban J connectivity index is 1.24. The van der Waals surface area contributed by atoms with Crippen molar-refractivity contribution in [3.05, 3.63) is 83.2 Å². The zero-order chi connectivity index (χ0) is 25.1. The molecule has 0 atom stereocenters. The zero-order valence-corrected chi connectivity index (χ0v) is 19.8. The normalized spacial score (nSPS) is 12.5. The molecule has 1 N–H and O–H groups in total. The van der Waals surface area contributed by atoms with Crippen molar-refractivity contribution in [1.29, 1.82) is 0 Å². The lowest BCUT2D eigenvalue weighted by atomic mass is 10.1. The van der Waals surface area contributed by atoms with Crippen LogP contribution in [0, 0.1) is 0 Å². The first-order chi connectivity index (χ1) is 17.5. The average molecular weight is 485 g/mol. The number of ether oxygens (including phenoxy) is 1. The molecule has 11 nitrogen and oxygen atoms in total. The second-order valence-electron chi connectivity index (χ2n) is 8.64. The molecule has 0 aliphatic carbocycles. The van der Waals surface area contributed by atoms with Crippen LogP contribution in [-0.2, 0) is 24.4 Å². The zero-order valence-electron chi connectivity index (χ0n) is 19.8. The molecule has 11 heteroatoms. The number of hydrogen-bond donors (Lipinski definition) is 1. The minimum atomic E-state index is -0.411. The van der Waals surface area contributed by atoms with Crippen molar-refractivity contribution in [2.24, 2.45) is 0 Å². The highest BCUT2D eigenvalue weighted by Crippen LogP contribution is 2.24. The number of amides is 2. The molecule has 36 heavy (non-hydrogen) atoms. The van der Waals surface area contributed by atoms with E-state index in [-0.39, 0.29) is 18.3 Å². The van der Waals surface area contributed by atoms with Gasteiger partial charge < -0.3 is 10.1 Å². The summed E-state index contributed by atoms with van der Waals surface area (Å²) in [5.41, 5.74) is 3.42. The average Bonchev–Trinajstić information content (AvgIpc) is 3.55. The molecule has 0 fully saturated rings. The predicted molar refractivity (Wildman–Crippen MR) is 129 cm³/mol. The van der Waals surface area contributed by atoms with Crippen LogP contribution in [0.25, 0.3) is 11.5 Å². The third kappa shape index (κ3) is 4.90. The van der Waals surface area contributed by atoms with E-state index in [0.29, 0.717) is 30.4 Å². The van der Waals surface area contributed by atoms with Gasteiger partial charge in [-0.2, -0.15) is 0 Å². The molecule has 0 radical (unpaired) electrons. The lowest BCUT2D eigenvalue weighted by Gasteiger charge is -2.15. The SMILES string of the molecule is CC(C)n1nnnc1-c1cccc(NC(=O)c2cc3c(cn2)CN(C(=O)OCc2ccccc2)C3)n1. The Kier molecular flexibility index (Phi) is 6.35. The van der Waals surface area contributed by atoms with E-state index in [1.165, 1.54) is 0 Å². The molecule has 1 aliphatic heterocycles. The van der Waals surface area contributed by atoms with Gasteiger partial charge in [0.1, 0.15) is 23.8 Å². The molecule has 1 aromatic carbocycles. The Labute approximate surface area is 207 Å². The molecule has 0 saturated heterocycles. The van der Waals surface area contributed by atoms with Crippen LogP contribution in [0.2, 0.25) is 0 Å². The lowest BCUT2D eigenvalue weighted by Crippen LogP contribution is -2.26. The molecule has 3 aromatic heterocycles. The summed E-state index contributed by atoms with van der Waals surface area (Å²) in [6.45, 7) is 4.86. The predicted octanol–water partition coefficient (Wildman–Crippen LogP) is 3.62. The Bertz CT molecular complexity index is 1400. The van der Waals surface area contributed by atoms with E-state index in [2.05, 4.69) is 30.8 Å². The standard InChI is InChI=1S/C25H24N8O3/c1-16(2)33-23(29-30-31-33)20-9-6-10-22(27-20)28-24(34)21-11-18-13-32(14-19(18)12-26-21)25(35)36-15-17-7-4-3-5-8-17/h3-12,16H,13-15H2,1-2H3,(H,27,28,34). The summed E-state index contributed by atoms with van der Waals surface area (Å²) in [6.07, 6.45) is 1.21. The maximum atomic E-state index is 12.9. The Hall–Kier alpha value is -4.67. The minimum absolute atomic E-state index is 0.0563. The largest absolute Gasteiger partial charge is 0.445 e. The van der Waals surface area contributed by atoms with Gasteiger partial charge in [-0.15, -0.1) is 5.10 Å². The summed E-state index contributed by atoms with van der Waals surface area (Å²) in [5.74, 6) is 0.455. The number of hydrogen-bond acceptors (Lipinski definition) is 8. The van der Waals surface area contributed by atoms with Gasteiger partial charge in [0.15, 0.2) is 0 Å². The summed E-state index contributed by atoms with van der Waals surface area (Å²) < 4.78 is 7.09. The number of carbonyl (C=O) groups excluding carboxylic acids is 2. The summed E-state index contributed by atoms with van der Waals surface area (Å²) in [4.78, 5) is 35.8. The van der Waals surface area contributed by atoms with Crippen molar-refractivity contribution in [2.45, 2.75) is 39.6 Å². The van der Waals surface area contributed by atoms with E-state index in [0.717, 1.165) is 16.7 Å². The van der Waals surface area contributed by atoms with Gasteiger partial charge in [-0.1, -0.05) is 36.4 Å². The van der Waals surface area contributed by atoms with Gasteiger partial charge in [0.25, 0.3) is 5.91 Å². The van der Waals surface area contributed by atoms with Crippen molar-refractivity contribution in [1.82, 2.24) is 35.1 Å². The fourth-order valence-corrected chi connectivity index (χ4v) is 3.87. The molecule has 0 bridgehead atoms. The summed E-state index contributed by atoms with van der Waals surface area (Å²) in [6, 6.07) is 16.5. The molecule has 0 unspecified atom stereocenters. The topological polar surface area (TPSA) is 128 Å². The summed E-state index contributed by atoms with van der Waals surface area (Å²) in [5, 5.41) is 14.5. The number of pyridine rings is 2. The number of aromatic nitrogens is 6. The maximum Gasteiger partial charge on any atom is 0.410 e. The Morgan fingerprint density at radius 2 is 1.86 bits per heavy atom. The highest BCUT2D eigenvalue weighted by Gasteiger charge is 2.26. The van der Waals surface area contributed by atoms with Crippen LogP contribution in [0.4, 0.5) is 10.6 Å². The summed E-state index contributed by atoms with van der Waals surface area (Å²) >= 11 is 0. The van der Waals surface area contributed by atoms with Gasteiger partial charge in [-0.05, 0) is 59.2 Å². The van der Waals surface area contributed by atoms with E-state index in [4.69, 9.17) is 4.74 Å². The van der Waals surface area contributed by atoms with Gasteiger partial charge in [0.2, 0.25) is 5.82 Å². The highest BCUT2D eigenvalue weighted by molar-refractivity contribution is 6.02. The molecule has 2 amide bonds. The molecule has 182 valence electrons. The molecule has 0 spiro atoms. The number of nitrogens with zero attached hydrogens (tertiary/aromatic N) is 7. The second kappa shape index (κ2) is 9.90. The molecule has 1 aliphatic rings. The van der Waals surface area contributed by atoms with Crippen LogP contribution in [-0.4, -0.2) is 47.1 Å². The first kappa shape index (κ1) is 23.1. The molecule has 5 rings (SSSR count). The monoisotopic (exact) mass is 484 g/mol. The minimum Gasteiger partial charge on any atom is -0.445 e. The number of nitrogens with one attached hydrogen (secondary N) is 1. The Morgan fingerprint density at radius 3 is 2.67 bits per heavy atom. The highest BCUT2D eigenvalue weighted by atomic mass is 16.6. The van der Waals surface area contributed by atoms with E-state index in [1.54, 1.807) is 40.0 Å². The van der Waals surface area contributed by atoms with Crippen LogP contribution in [0.1, 0.15) is 47.1 Å². The van der Waals surface area contributed by atoms with Gasteiger partial charge >= 0.3 is 6.09 Å². The van der Waals surface area contributed by atoms with Gasteiger partial charge in [-0.3, -0.25) is 14.7 Å². The van der Waals surface area contributed by atoms with Crippen molar-refractivity contribution in [2.75, 3.05) is 5.32 Å². The molecular weight excluding hydrogens is 460 g/mol. The quantitative estimate of drug-likeness (QED) is 0.440. The van der Waals surface area contributed by atoms with Gasteiger partial charge in [-0.25, -0.2) is 14.5 Å². The fraction of sp³-hybridized carbons (Fsp3) is 0.240. The number of tetrazole rings is 1. The van der Waals surface area contributed by atoms with E-state index in [9.17, 15) is 9.59 Å². The van der Waals surface area contributed by atoms with E-state index >= 15 is 0 Å². The van der Waals surface area contributed by atoms with Crippen molar-refractivity contribution in [3.8, 4) is 11.5 Å².